The number of thiazole rings is 1. The number of hydrogen-bond donors (Lipinski definition) is 0. The summed E-state index contributed by atoms with van der Waals surface area (Å²) < 4.78 is 25.2. The van der Waals surface area contributed by atoms with Crippen LogP contribution in [-0.2, 0) is 13.9 Å². The van der Waals surface area contributed by atoms with E-state index >= 15 is 0 Å². The number of rotatable bonds is 9. The van der Waals surface area contributed by atoms with E-state index in [1.165, 1.54) is 17.4 Å². The molecule has 5 atom stereocenters. The maximum atomic E-state index is 12.3. The normalized spacial score (nSPS) is 25.1. The van der Waals surface area contributed by atoms with Gasteiger partial charge in [0.15, 0.2) is 14.0 Å². The van der Waals surface area contributed by atoms with E-state index in [1.807, 2.05) is 13.8 Å². The molecule has 2 fully saturated rings. The number of carbonyl (C=O) groups excluding carboxylic acids is 1. The Bertz CT molecular complexity index is 1230. The zero-order valence-electron chi connectivity index (χ0n) is 24.8. The number of hydrogen-bond acceptors (Lipinski definition) is 9. The highest BCUT2D eigenvalue weighted by molar-refractivity contribution is 7.09. The average Bonchev–Trinajstić information content (AvgIpc) is 3.46. The lowest BCUT2D eigenvalue weighted by Crippen LogP contribution is -2.46. The summed E-state index contributed by atoms with van der Waals surface area (Å²) in [7, 11) is -2.06. The highest BCUT2D eigenvalue weighted by Gasteiger charge is 2.51. The number of nitro benzene ring substituents is 1. The fraction of sp³-hybridized carbons (Fsp3) is 0.655. The van der Waals surface area contributed by atoms with E-state index in [0.29, 0.717) is 23.6 Å². The van der Waals surface area contributed by atoms with Crippen molar-refractivity contribution in [3.05, 3.63) is 50.0 Å². The maximum Gasteiger partial charge on any atom is 0.358 e. The minimum Gasteiger partial charge on any atom is -0.493 e. The Morgan fingerprint density at radius 1 is 1.27 bits per heavy atom. The third kappa shape index (κ3) is 6.75. The molecule has 1 aliphatic heterocycles. The summed E-state index contributed by atoms with van der Waals surface area (Å²) >= 11 is 1.44. The van der Waals surface area contributed by atoms with Gasteiger partial charge in [0.25, 0.3) is 5.69 Å². The smallest absolute Gasteiger partial charge is 0.358 e. The van der Waals surface area contributed by atoms with Crippen molar-refractivity contribution >= 4 is 31.3 Å². The van der Waals surface area contributed by atoms with Crippen molar-refractivity contribution in [3.8, 4) is 5.75 Å². The standard InChI is InChI=1S/C29H42N2O7SSi/c1-17(2)36-28(32)22-16-39-27(30-22)24-12-10-20-21(15-35-19-9-11-23(31(33)34)18(3)13-19)26(14-25(20)37-24)38-40(7,8)29(4,5)6/h9,11,13,16-17,20-21,24-26H,10,12,14-15H2,1-8H3/t20-,21-,24-,25+,26-/m1/s1. The van der Waals surface area contributed by atoms with Crippen LogP contribution in [0.5, 0.6) is 5.75 Å². The van der Waals surface area contributed by atoms with Gasteiger partial charge >= 0.3 is 5.97 Å². The molecule has 0 unspecified atom stereocenters. The van der Waals surface area contributed by atoms with Gasteiger partial charge in [0.2, 0.25) is 0 Å². The van der Waals surface area contributed by atoms with Crippen LogP contribution in [0.4, 0.5) is 5.69 Å². The number of nitrogens with zero attached hydrogens (tertiary/aromatic N) is 2. The van der Waals surface area contributed by atoms with E-state index in [-0.39, 0.29) is 51.9 Å². The summed E-state index contributed by atoms with van der Waals surface area (Å²) in [6.45, 7) is 17.1. The number of nitro groups is 1. The molecule has 0 spiro atoms. The second-order valence-corrected chi connectivity index (χ2v) is 18.4. The summed E-state index contributed by atoms with van der Waals surface area (Å²) in [5.74, 6) is 0.600. The van der Waals surface area contributed by atoms with Crippen LogP contribution >= 0.6 is 11.3 Å². The van der Waals surface area contributed by atoms with Gasteiger partial charge in [-0.15, -0.1) is 11.3 Å². The number of esters is 1. The van der Waals surface area contributed by atoms with Crippen molar-refractivity contribution in [2.75, 3.05) is 6.61 Å². The molecule has 2 aromatic rings. The van der Waals surface area contributed by atoms with E-state index in [1.54, 1.807) is 24.4 Å². The molecule has 1 aliphatic carbocycles. The number of benzene rings is 1. The van der Waals surface area contributed by atoms with Crippen LogP contribution in [0.15, 0.2) is 23.6 Å². The van der Waals surface area contributed by atoms with Crippen LogP contribution in [0, 0.1) is 28.9 Å². The Morgan fingerprint density at radius 3 is 2.62 bits per heavy atom. The lowest BCUT2D eigenvalue weighted by molar-refractivity contribution is -0.385. The SMILES string of the molecule is Cc1cc(OC[C@@H]2[C@H]3CC[C@H](c4nc(C(=O)OC(C)C)cs4)O[C@H]3C[C@H]2O[Si](C)(C)C(C)(C)C)ccc1[N+](=O)[O-]. The van der Waals surface area contributed by atoms with E-state index in [2.05, 4.69) is 38.8 Å². The van der Waals surface area contributed by atoms with E-state index in [9.17, 15) is 14.9 Å². The summed E-state index contributed by atoms with van der Waals surface area (Å²) in [6, 6.07) is 4.89. The van der Waals surface area contributed by atoms with Gasteiger partial charge < -0.3 is 18.6 Å². The molecule has 2 heterocycles. The van der Waals surface area contributed by atoms with Crippen molar-refractivity contribution in [1.29, 1.82) is 0 Å². The van der Waals surface area contributed by atoms with Gasteiger partial charge in [-0.3, -0.25) is 10.1 Å². The molecule has 1 aromatic heterocycles. The molecule has 0 bridgehead atoms. The van der Waals surface area contributed by atoms with Gasteiger partial charge in [0.05, 0.1) is 29.8 Å². The molecule has 4 rings (SSSR count). The fourth-order valence-corrected chi connectivity index (χ4v) is 7.57. The Hall–Kier alpha value is -2.34. The predicted octanol–water partition coefficient (Wildman–Crippen LogP) is 7.25. The summed E-state index contributed by atoms with van der Waals surface area (Å²) in [5.41, 5.74) is 0.987. The van der Waals surface area contributed by atoms with Gasteiger partial charge in [0.1, 0.15) is 16.9 Å². The molecule has 220 valence electrons. The Kier molecular flexibility index (Phi) is 9.09. The molecule has 1 aromatic carbocycles. The van der Waals surface area contributed by atoms with Crippen LogP contribution in [0.1, 0.15) is 81.0 Å². The molecule has 1 saturated heterocycles. The van der Waals surface area contributed by atoms with Crippen LogP contribution < -0.4 is 4.74 Å². The largest absolute Gasteiger partial charge is 0.493 e. The van der Waals surface area contributed by atoms with Crippen molar-refractivity contribution < 1.29 is 28.4 Å². The summed E-state index contributed by atoms with van der Waals surface area (Å²) in [5, 5.41) is 13.8. The fourth-order valence-electron chi connectivity index (χ4n) is 5.33. The molecule has 0 amide bonds. The first-order valence-electron chi connectivity index (χ1n) is 14.0. The van der Waals surface area contributed by atoms with Crippen molar-refractivity contribution in [2.24, 2.45) is 11.8 Å². The molecule has 0 radical (unpaired) electrons. The zero-order valence-corrected chi connectivity index (χ0v) is 26.6. The molecule has 11 heteroatoms. The number of carbonyl (C=O) groups is 1. The number of fused-ring (bicyclic) bond motifs is 1. The first kappa shape index (κ1) is 30.6. The quantitative estimate of drug-likeness (QED) is 0.130. The third-order valence-electron chi connectivity index (χ3n) is 8.48. The Morgan fingerprint density at radius 2 is 2.00 bits per heavy atom. The zero-order chi connectivity index (χ0) is 29.4. The molecular weight excluding hydrogens is 548 g/mol. The summed E-state index contributed by atoms with van der Waals surface area (Å²) in [4.78, 5) is 27.7. The molecule has 1 saturated carbocycles. The highest BCUT2D eigenvalue weighted by Crippen LogP contribution is 2.49. The van der Waals surface area contributed by atoms with Crippen LogP contribution in [0.2, 0.25) is 18.1 Å². The van der Waals surface area contributed by atoms with E-state index in [0.717, 1.165) is 24.3 Å². The molecule has 2 aliphatic rings. The van der Waals surface area contributed by atoms with Gasteiger partial charge in [-0.05, 0) is 76.2 Å². The van der Waals surface area contributed by atoms with Gasteiger partial charge in [0, 0.05) is 22.9 Å². The number of aromatic nitrogens is 1. The first-order chi connectivity index (χ1) is 18.7. The molecule has 9 nitrogen and oxygen atoms in total. The monoisotopic (exact) mass is 590 g/mol. The second-order valence-electron chi connectivity index (χ2n) is 12.8. The van der Waals surface area contributed by atoms with E-state index < -0.39 is 14.3 Å². The number of ether oxygens (including phenoxy) is 3. The van der Waals surface area contributed by atoms with Crippen LogP contribution in [0.3, 0.4) is 0 Å². The first-order valence-corrected chi connectivity index (χ1v) is 17.8. The van der Waals surface area contributed by atoms with Crippen molar-refractivity contribution in [3.63, 3.8) is 0 Å². The minimum atomic E-state index is -2.06. The van der Waals surface area contributed by atoms with Gasteiger partial charge in [-0.2, -0.15) is 0 Å². The topological polar surface area (TPSA) is 110 Å². The van der Waals surface area contributed by atoms with Crippen molar-refractivity contribution in [2.45, 2.75) is 103 Å². The molecule has 0 N–H and O–H groups in total. The lowest BCUT2D eigenvalue weighted by Gasteiger charge is -2.40. The third-order valence-corrected chi connectivity index (χ3v) is 13.9. The lowest BCUT2D eigenvalue weighted by atomic mass is 9.87. The minimum absolute atomic E-state index is 0.00400. The van der Waals surface area contributed by atoms with Crippen LogP contribution in [-0.4, -0.2) is 49.1 Å². The highest BCUT2D eigenvalue weighted by atomic mass is 32.1. The Balaban J connectivity index is 1.50. The van der Waals surface area contributed by atoms with E-state index in [4.69, 9.17) is 18.6 Å². The maximum absolute atomic E-state index is 12.3. The molecular formula is C29H42N2O7SSi. The predicted molar refractivity (Wildman–Crippen MR) is 157 cm³/mol. The second kappa shape index (κ2) is 11.9. The average molecular weight is 591 g/mol. The Labute approximate surface area is 241 Å². The van der Waals surface area contributed by atoms with Crippen LogP contribution in [0.25, 0.3) is 0 Å². The van der Waals surface area contributed by atoms with Crippen molar-refractivity contribution in [1.82, 2.24) is 4.98 Å². The van der Waals surface area contributed by atoms with Gasteiger partial charge in [-0.25, -0.2) is 9.78 Å². The molecule has 40 heavy (non-hydrogen) atoms. The van der Waals surface area contributed by atoms with Gasteiger partial charge in [-0.1, -0.05) is 20.8 Å². The summed E-state index contributed by atoms with van der Waals surface area (Å²) in [6.07, 6.45) is 2.12. The number of aryl methyl sites for hydroxylation is 1.